The van der Waals surface area contributed by atoms with Gasteiger partial charge in [0, 0.05) is 21.7 Å². The molecular weight excluding hydrogens is 357 g/mol. The first-order valence-corrected chi connectivity index (χ1v) is 7.20. The largest absolute Gasteiger partial charge is 0.481 e. The highest BCUT2D eigenvalue weighted by molar-refractivity contribution is 14.1. The first-order valence-electron chi connectivity index (χ1n) is 6.12. The summed E-state index contributed by atoms with van der Waals surface area (Å²) in [6.07, 6.45) is -0.0348. The fourth-order valence-electron chi connectivity index (χ4n) is 1.80. The Labute approximate surface area is 126 Å². The summed E-state index contributed by atoms with van der Waals surface area (Å²) in [6.45, 7) is 5.92. The third-order valence-electron chi connectivity index (χ3n) is 2.95. The van der Waals surface area contributed by atoms with E-state index >= 15 is 0 Å². The maximum Gasteiger partial charge on any atom is 0.305 e. The summed E-state index contributed by atoms with van der Waals surface area (Å²) in [7, 11) is 0. The fourth-order valence-corrected chi connectivity index (χ4v) is 2.30. The molecule has 0 bridgehead atoms. The minimum Gasteiger partial charge on any atom is -0.481 e. The molecule has 0 saturated carbocycles. The highest BCUT2D eigenvalue weighted by Gasteiger charge is 2.21. The Morgan fingerprint density at radius 2 is 2.00 bits per heavy atom. The van der Waals surface area contributed by atoms with Crippen molar-refractivity contribution in [3.8, 4) is 0 Å². The first-order chi connectivity index (χ1) is 8.84. The molecule has 0 atom stereocenters. The summed E-state index contributed by atoms with van der Waals surface area (Å²) < 4.78 is 1.03. The Kier molecular flexibility index (Phi) is 5.78. The summed E-state index contributed by atoms with van der Waals surface area (Å²) in [4.78, 5) is 24.8. The number of benzene rings is 1. The molecule has 1 aromatic carbocycles. The molecule has 4 nitrogen and oxygen atoms in total. The molecule has 0 spiro atoms. The van der Waals surface area contributed by atoms with Gasteiger partial charge in [0.15, 0.2) is 0 Å². The molecule has 0 fully saturated rings. The van der Waals surface area contributed by atoms with Crippen molar-refractivity contribution in [2.75, 3.05) is 6.54 Å². The number of hydrogen-bond acceptors (Lipinski definition) is 2. The van der Waals surface area contributed by atoms with Gasteiger partial charge in [0.1, 0.15) is 0 Å². The number of rotatable bonds is 5. The van der Waals surface area contributed by atoms with Gasteiger partial charge < -0.3 is 10.0 Å². The molecule has 0 aliphatic rings. The standard InChI is InChI=1S/C14H18INO3/c1-9(2)16(8-7-13(17)18)14(19)11-5-4-6-12(15)10(11)3/h4-6,9H,7-8H2,1-3H3,(H,17,18). The van der Waals surface area contributed by atoms with Gasteiger partial charge in [0.05, 0.1) is 6.42 Å². The van der Waals surface area contributed by atoms with E-state index in [0.29, 0.717) is 5.56 Å². The second-order valence-corrected chi connectivity index (χ2v) is 5.81. The number of carbonyl (C=O) groups excluding carboxylic acids is 1. The minimum atomic E-state index is -0.891. The highest BCUT2D eigenvalue weighted by atomic mass is 127. The van der Waals surface area contributed by atoms with Crippen LogP contribution >= 0.6 is 22.6 Å². The zero-order chi connectivity index (χ0) is 14.6. The summed E-state index contributed by atoms with van der Waals surface area (Å²) in [5, 5.41) is 8.76. The van der Waals surface area contributed by atoms with Gasteiger partial charge in [-0.15, -0.1) is 0 Å². The molecule has 0 saturated heterocycles. The van der Waals surface area contributed by atoms with Crippen LogP contribution in [0.4, 0.5) is 0 Å². The van der Waals surface area contributed by atoms with Crippen molar-refractivity contribution in [2.45, 2.75) is 33.2 Å². The van der Waals surface area contributed by atoms with Crippen LogP contribution in [0.2, 0.25) is 0 Å². The lowest BCUT2D eigenvalue weighted by Crippen LogP contribution is -2.38. The van der Waals surface area contributed by atoms with Crippen molar-refractivity contribution in [3.05, 3.63) is 32.9 Å². The van der Waals surface area contributed by atoms with Gasteiger partial charge in [-0.25, -0.2) is 0 Å². The van der Waals surface area contributed by atoms with Crippen LogP contribution in [0, 0.1) is 10.5 Å². The van der Waals surface area contributed by atoms with Gasteiger partial charge in [0.25, 0.3) is 5.91 Å². The number of nitrogens with zero attached hydrogens (tertiary/aromatic N) is 1. The van der Waals surface area contributed by atoms with E-state index in [1.807, 2.05) is 32.9 Å². The molecule has 0 aliphatic carbocycles. The van der Waals surface area contributed by atoms with E-state index < -0.39 is 5.97 Å². The molecule has 1 rings (SSSR count). The second-order valence-electron chi connectivity index (χ2n) is 4.65. The van der Waals surface area contributed by atoms with Crippen LogP contribution in [0.1, 0.15) is 36.2 Å². The van der Waals surface area contributed by atoms with Gasteiger partial charge >= 0.3 is 5.97 Å². The van der Waals surface area contributed by atoms with Crippen LogP contribution in [-0.2, 0) is 4.79 Å². The Morgan fingerprint density at radius 3 is 2.53 bits per heavy atom. The van der Waals surface area contributed by atoms with E-state index in [2.05, 4.69) is 22.6 Å². The van der Waals surface area contributed by atoms with Crippen LogP contribution in [0.15, 0.2) is 18.2 Å². The molecule has 0 radical (unpaired) electrons. The topological polar surface area (TPSA) is 57.6 Å². The van der Waals surface area contributed by atoms with E-state index in [0.717, 1.165) is 9.13 Å². The summed E-state index contributed by atoms with van der Waals surface area (Å²) >= 11 is 2.19. The van der Waals surface area contributed by atoms with Crippen LogP contribution in [-0.4, -0.2) is 34.5 Å². The molecule has 104 valence electrons. The minimum absolute atomic E-state index is 0.0240. The summed E-state index contributed by atoms with van der Waals surface area (Å²) in [5.74, 6) is -0.995. The van der Waals surface area contributed by atoms with Crippen molar-refractivity contribution in [1.29, 1.82) is 0 Å². The molecular formula is C14H18INO3. The van der Waals surface area contributed by atoms with Crippen molar-refractivity contribution in [3.63, 3.8) is 0 Å². The average molecular weight is 375 g/mol. The van der Waals surface area contributed by atoms with E-state index in [9.17, 15) is 9.59 Å². The third-order valence-corrected chi connectivity index (χ3v) is 4.12. The smallest absolute Gasteiger partial charge is 0.305 e. The highest BCUT2D eigenvalue weighted by Crippen LogP contribution is 2.18. The molecule has 0 aliphatic heterocycles. The van der Waals surface area contributed by atoms with Gasteiger partial charge in [-0.2, -0.15) is 0 Å². The molecule has 0 heterocycles. The predicted octanol–water partition coefficient (Wildman–Crippen LogP) is 2.92. The Morgan fingerprint density at radius 1 is 1.37 bits per heavy atom. The monoisotopic (exact) mass is 375 g/mol. The lowest BCUT2D eigenvalue weighted by molar-refractivity contribution is -0.137. The number of aliphatic carboxylic acids is 1. The fraction of sp³-hybridized carbons (Fsp3) is 0.429. The number of amides is 1. The average Bonchev–Trinajstić information content (AvgIpc) is 2.31. The van der Waals surface area contributed by atoms with Crippen molar-refractivity contribution >= 4 is 34.5 Å². The van der Waals surface area contributed by atoms with Gasteiger partial charge in [-0.3, -0.25) is 9.59 Å². The van der Waals surface area contributed by atoms with E-state index in [4.69, 9.17) is 5.11 Å². The van der Waals surface area contributed by atoms with Gasteiger partial charge in [-0.05, 0) is 61.1 Å². The van der Waals surface area contributed by atoms with Crippen LogP contribution in [0.25, 0.3) is 0 Å². The zero-order valence-electron chi connectivity index (χ0n) is 11.3. The second kappa shape index (κ2) is 6.88. The van der Waals surface area contributed by atoms with Crippen molar-refractivity contribution in [1.82, 2.24) is 4.90 Å². The van der Waals surface area contributed by atoms with Crippen LogP contribution in [0.5, 0.6) is 0 Å². The van der Waals surface area contributed by atoms with E-state index in [-0.39, 0.29) is 24.9 Å². The number of halogens is 1. The van der Waals surface area contributed by atoms with Crippen LogP contribution < -0.4 is 0 Å². The van der Waals surface area contributed by atoms with Crippen LogP contribution in [0.3, 0.4) is 0 Å². The SMILES string of the molecule is Cc1c(I)cccc1C(=O)N(CCC(=O)O)C(C)C. The van der Waals surface area contributed by atoms with E-state index in [1.165, 1.54) is 0 Å². The Hall–Kier alpha value is -1.11. The number of carboxylic acids is 1. The van der Waals surface area contributed by atoms with Gasteiger partial charge in [-0.1, -0.05) is 6.07 Å². The maximum absolute atomic E-state index is 12.5. The molecule has 1 aromatic rings. The van der Waals surface area contributed by atoms with E-state index in [1.54, 1.807) is 11.0 Å². The summed E-state index contributed by atoms with van der Waals surface area (Å²) in [6, 6.07) is 5.56. The Bertz CT molecular complexity index is 486. The van der Waals surface area contributed by atoms with Gasteiger partial charge in [0.2, 0.25) is 0 Å². The van der Waals surface area contributed by atoms with Crippen molar-refractivity contribution in [2.24, 2.45) is 0 Å². The first kappa shape index (κ1) is 15.9. The quantitative estimate of drug-likeness (QED) is 0.806. The lowest BCUT2D eigenvalue weighted by atomic mass is 10.1. The molecule has 0 unspecified atom stereocenters. The maximum atomic E-state index is 12.5. The zero-order valence-corrected chi connectivity index (χ0v) is 13.5. The number of carboxylic acid groups (broad SMARTS) is 1. The molecule has 1 amide bonds. The summed E-state index contributed by atoms with van der Waals surface area (Å²) in [5.41, 5.74) is 1.58. The normalized spacial score (nSPS) is 10.6. The number of hydrogen-bond donors (Lipinski definition) is 1. The number of carbonyl (C=O) groups is 2. The lowest BCUT2D eigenvalue weighted by Gasteiger charge is -2.27. The Balaban J connectivity index is 2.99. The third kappa shape index (κ3) is 4.19. The predicted molar refractivity (Wildman–Crippen MR) is 82.3 cm³/mol. The molecule has 5 heteroatoms. The molecule has 0 aromatic heterocycles. The molecule has 19 heavy (non-hydrogen) atoms. The van der Waals surface area contributed by atoms with Crippen molar-refractivity contribution < 1.29 is 14.7 Å². The molecule has 1 N–H and O–H groups in total.